The number of halogens is 1. The predicted molar refractivity (Wildman–Crippen MR) is 69.9 cm³/mol. The Kier molecular flexibility index (Phi) is 4.92. The van der Waals surface area contributed by atoms with Crippen LogP contribution in [0.5, 0.6) is 0 Å². The van der Waals surface area contributed by atoms with Gasteiger partial charge in [-0.2, -0.15) is 0 Å². The van der Waals surface area contributed by atoms with Gasteiger partial charge in [0, 0.05) is 18.3 Å². The summed E-state index contributed by atoms with van der Waals surface area (Å²) in [6.07, 6.45) is 3.39. The quantitative estimate of drug-likeness (QED) is 0.880. The number of hydrogen-bond acceptors (Lipinski definition) is 2. The van der Waals surface area contributed by atoms with Crippen LogP contribution in [0.1, 0.15) is 18.4 Å². The van der Waals surface area contributed by atoms with E-state index in [-0.39, 0.29) is 18.4 Å². The lowest BCUT2D eigenvalue weighted by Crippen LogP contribution is -2.32. The maximum atomic E-state index is 13.3. The zero-order chi connectivity index (χ0) is 13.5. The molecule has 0 radical (unpaired) electrons. The van der Waals surface area contributed by atoms with Gasteiger partial charge in [0.1, 0.15) is 5.82 Å². The summed E-state index contributed by atoms with van der Waals surface area (Å²) >= 11 is 0. The molecule has 2 rings (SSSR count). The molecule has 2 amide bonds. The van der Waals surface area contributed by atoms with Crippen molar-refractivity contribution in [2.24, 2.45) is 0 Å². The Hall–Kier alpha value is -1.88. The van der Waals surface area contributed by atoms with E-state index < -0.39 is 0 Å². The van der Waals surface area contributed by atoms with E-state index >= 15 is 0 Å². The Morgan fingerprint density at radius 2 is 2.05 bits per heavy atom. The number of hydrogen-bond donors (Lipinski definition) is 2. The van der Waals surface area contributed by atoms with Crippen molar-refractivity contribution in [2.75, 3.05) is 13.2 Å². The van der Waals surface area contributed by atoms with Crippen molar-refractivity contribution in [3.8, 4) is 0 Å². The van der Waals surface area contributed by atoms with Crippen LogP contribution in [0.4, 0.5) is 9.18 Å². The summed E-state index contributed by atoms with van der Waals surface area (Å²) in [4.78, 5) is 11.5. The Balaban J connectivity index is 1.77. The third-order valence-electron chi connectivity index (χ3n) is 2.94. The summed E-state index contributed by atoms with van der Waals surface area (Å²) in [5.74, 6) is -0.314. The van der Waals surface area contributed by atoms with Crippen molar-refractivity contribution in [1.29, 1.82) is 0 Å². The summed E-state index contributed by atoms with van der Waals surface area (Å²) in [5.41, 5.74) is 1.63. The Bertz CT molecular complexity index is 466. The molecule has 19 heavy (non-hydrogen) atoms. The zero-order valence-corrected chi connectivity index (χ0v) is 10.6. The standard InChI is InChI=1S/C14H17FN2O2/c15-13-4-2-1-3-12(13)10-17-14(18)16-9-11-5-7-19-8-6-11/h1-4,9H,5-8,10H2,(H2,16,17,18). The fourth-order valence-corrected chi connectivity index (χ4v) is 1.81. The molecule has 1 aliphatic heterocycles. The molecule has 1 fully saturated rings. The van der Waals surface area contributed by atoms with Crippen molar-refractivity contribution in [1.82, 2.24) is 10.6 Å². The summed E-state index contributed by atoms with van der Waals surface area (Å²) < 4.78 is 18.5. The summed E-state index contributed by atoms with van der Waals surface area (Å²) in [6, 6.07) is 6.05. The zero-order valence-electron chi connectivity index (χ0n) is 10.6. The van der Waals surface area contributed by atoms with Crippen LogP contribution in [0.3, 0.4) is 0 Å². The lowest BCUT2D eigenvalue weighted by atomic mass is 10.1. The van der Waals surface area contributed by atoms with Gasteiger partial charge in [-0.3, -0.25) is 0 Å². The maximum Gasteiger partial charge on any atom is 0.319 e. The van der Waals surface area contributed by atoms with Gasteiger partial charge in [0.25, 0.3) is 0 Å². The summed E-state index contributed by atoms with van der Waals surface area (Å²) in [6.45, 7) is 1.57. The number of amides is 2. The Morgan fingerprint density at radius 1 is 1.32 bits per heavy atom. The van der Waals surface area contributed by atoms with Crippen LogP contribution in [0, 0.1) is 5.82 Å². The molecular formula is C14H17FN2O2. The highest BCUT2D eigenvalue weighted by Crippen LogP contribution is 2.11. The molecule has 0 aromatic heterocycles. The van der Waals surface area contributed by atoms with Crippen molar-refractivity contribution in [3.63, 3.8) is 0 Å². The van der Waals surface area contributed by atoms with E-state index in [1.807, 2.05) is 0 Å². The first-order chi connectivity index (χ1) is 9.25. The predicted octanol–water partition coefficient (Wildman–Crippen LogP) is 2.32. The van der Waals surface area contributed by atoms with E-state index in [9.17, 15) is 9.18 Å². The molecule has 0 atom stereocenters. The first-order valence-corrected chi connectivity index (χ1v) is 6.29. The molecule has 1 saturated heterocycles. The highest BCUT2D eigenvalue weighted by Gasteiger charge is 2.06. The van der Waals surface area contributed by atoms with E-state index in [4.69, 9.17) is 4.74 Å². The minimum atomic E-state index is -0.331. The number of urea groups is 1. The maximum absolute atomic E-state index is 13.3. The number of carbonyl (C=O) groups excluding carboxylic acids is 1. The lowest BCUT2D eigenvalue weighted by molar-refractivity contribution is 0.119. The van der Waals surface area contributed by atoms with Gasteiger partial charge in [-0.1, -0.05) is 18.2 Å². The van der Waals surface area contributed by atoms with Crippen LogP contribution in [-0.2, 0) is 11.3 Å². The first-order valence-electron chi connectivity index (χ1n) is 6.29. The van der Waals surface area contributed by atoms with E-state index in [1.165, 1.54) is 6.07 Å². The van der Waals surface area contributed by atoms with E-state index in [0.29, 0.717) is 18.8 Å². The third-order valence-corrected chi connectivity index (χ3v) is 2.94. The molecule has 2 N–H and O–H groups in total. The summed E-state index contributed by atoms with van der Waals surface area (Å²) in [7, 11) is 0. The topological polar surface area (TPSA) is 50.4 Å². The second-order valence-corrected chi connectivity index (χ2v) is 4.33. The van der Waals surface area contributed by atoms with Gasteiger partial charge in [0.2, 0.25) is 0 Å². The molecule has 1 aromatic rings. The number of benzene rings is 1. The highest BCUT2D eigenvalue weighted by molar-refractivity contribution is 5.74. The van der Waals surface area contributed by atoms with Crippen LogP contribution in [0.25, 0.3) is 0 Å². The molecular weight excluding hydrogens is 247 g/mol. The second kappa shape index (κ2) is 6.89. The molecule has 0 bridgehead atoms. The van der Waals surface area contributed by atoms with Gasteiger partial charge in [0.05, 0.1) is 13.2 Å². The average Bonchev–Trinajstić information content (AvgIpc) is 2.45. The fraction of sp³-hybridized carbons (Fsp3) is 0.357. The van der Waals surface area contributed by atoms with Crippen LogP contribution in [-0.4, -0.2) is 19.2 Å². The molecule has 0 aliphatic carbocycles. The Morgan fingerprint density at radius 3 is 2.79 bits per heavy atom. The molecule has 1 heterocycles. The van der Waals surface area contributed by atoms with Gasteiger partial charge in [-0.15, -0.1) is 0 Å². The van der Waals surface area contributed by atoms with E-state index in [2.05, 4.69) is 10.6 Å². The SMILES string of the molecule is O=C(NC=C1CCOCC1)NCc1ccccc1F. The van der Waals surface area contributed by atoms with Crippen LogP contribution < -0.4 is 10.6 Å². The normalized spacial score (nSPS) is 14.9. The van der Waals surface area contributed by atoms with Crippen molar-refractivity contribution in [3.05, 3.63) is 47.4 Å². The monoisotopic (exact) mass is 264 g/mol. The molecule has 102 valence electrons. The molecule has 1 aromatic carbocycles. The van der Waals surface area contributed by atoms with E-state index in [1.54, 1.807) is 24.4 Å². The highest BCUT2D eigenvalue weighted by atomic mass is 19.1. The fourth-order valence-electron chi connectivity index (χ4n) is 1.81. The lowest BCUT2D eigenvalue weighted by Gasteiger charge is -2.14. The molecule has 1 aliphatic rings. The minimum absolute atomic E-state index is 0.171. The number of ether oxygens (including phenoxy) is 1. The van der Waals surface area contributed by atoms with Gasteiger partial charge in [-0.25, -0.2) is 9.18 Å². The third kappa shape index (κ3) is 4.37. The van der Waals surface area contributed by atoms with Crippen molar-refractivity contribution < 1.29 is 13.9 Å². The van der Waals surface area contributed by atoms with Crippen LogP contribution >= 0.6 is 0 Å². The van der Waals surface area contributed by atoms with Gasteiger partial charge >= 0.3 is 6.03 Å². The van der Waals surface area contributed by atoms with E-state index in [0.717, 1.165) is 18.4 Å². The number of nitrogens with one attached hydrogen (secondary N) is 2. The van der Waals surface area contributed by atoms with Crippen LogP contribution in [0.15, 0.2) is 36.0 Å². The molecule has 0 unspecified atom stereocenters. The second-order valence-electron chi connectivity index (χ2n) is 4.33. The largest absolute Gasteiger partial charge is 0.381 e. The molecule has 5 heteroatoms. The van der Waals surface area contributed by atoms with Crippen LogP contribution in [0.2, 0.25) is 0 Å². The van der Waals surface area contributed by atoms with Gasteiger partial charge < -0.3 is 15.4 Å². The first kappa shape index (κ1) is 13.5. The van der Waals surface area contributed by atoms with Gasteiger partial charge in [0.15, 0.2) is 0 Å². The number of rotatable bonds is 3. The molecule has 0 saturated carbocycles. The number of carbonyl (C=O) groups is 1. The average molecular weight is 264 g/mol. The van der Waals surface area contributed by atoms with Crippen molar-refractivity contribution in [2.45, 2.75) is 19.4 Å². The molecule has 0 spiro atoms. The van der Waals surface area contributed by atoms with Crippen molar-refractivity contribution >= 4 is 6.03 Å². The Labute approximate surface area is 111 Å². The molecule has 4 nitrogen and oxygen atoms in total. The summed E-state index contributed by atoms with van der Waals surface area (Å²) in [5, 5.41) is 5.27. The minimum Gasteiger partial charge on any atom is -0.381 e. The smallest absolute Gasteiger partial charge is 0.319 e. The van der Waals surface area contributed by atoms with Gasteiger partial charge in [-0.05, 0) is 24.5 Å².